The van der Waals surface area contributed by atoms with Crippen molar-refractivity contribution in [1.82, 2.24) is 0 Å². The van der Waals surface area contributed by atoms with Crippen molar-refractivity contribution in [3.63, 3.8) is 0 Å². The van der Waals surface area contributed by atoms with Gasteiger partial charge in [0, 0.05) is 0 Å². The second kappa shape index (κ2) is 6.18. The van der Waals surface area contributed by atoms with E-state index in [1.165, 1.54) is 59.8 Å². The van der Waals surface area contributed by atoms with Crippen LogP contribution in [0.15, 0.2) is 103 Å². The minimum absolute atomic E-state index is 1.26. The first kappa shape index (κ1) is 16.3. The number of hydrogen-bond donors (Lipinski definition) is 0. The van der Waals surface area contributed by atoms with Gasteiger partial charge in [-0.05, 0) is 73.3 Å². The van der Waals surface area contributed by atoms with E-state index in [4.69, 9.17) is 0 Å². The lowest BCUT2D eigenvalue weighted by Gasteiger charge is -2.12. The van der Waals surface area contributed by atoms with E-state index < -0.39 is 0 Å². The van der Waals surface area contributed by atoms with E-state index in [2.05, 4.69) is 110 Å². The Bertz CT molecular complexity index is 1520. The average molecular weight is 368 g/mol. The summed E-state index contributed by atoms with van der Waals surface area (Å²) in [6.07, 6.45) is 0. The van der Waals surface area contributed by atoms with Gasteiger partial charge in [-0.15, -0.1) is 0 Å². The van der Waals surface area contributed by atoms with Gasteiger partial charge < -0.3 is 0 Å². The molecule has 0 radical (unpaired) electrons. The third-order valence-corrected chi connectivity index (χ3v) is 6.07. The lowest BCUT2D eigenvalue weighted by atomic mass is 9.91. The summed E-state index contributed by atoms with van der Waals surface area (Å²) in [6.45, 7) is 2.14. The molecule has 0 aliphatic carbocycles. The fourth-order valence-electron chi connectivity index (χ4n) is 4.63. The van der Waals surface area contributed by atoms with Crippen molar-refractivity contribution in [2.45, 2.75) is 6.92 Å². The molecule has 0 heteroatoms. The van der Waals surface area contributed by atoms with Crippen molar-refractivity contribution >= 4 is 43.1 Å². The minimum atomic E-state index is 1.26. The third kappa shape index (κ3) is 2.53. The van der Waals surface area contributed by atoms with Gasteiger partial charge >= 0.3 is 0 Å². The Hall–Kier alpha value is -3.64. The first-order valence-corrected chi connectivity index (χ1v) is 10.1. The van der Waals surface area contributed by atoms with Crippen LogP contribution >= 0.6 is 0 Å². The number of aryl methyl sites for hydroxylation is 1. The SMILES string of the molecule is Cc1ccc2cc(-c3ccc4c5ccccc5c5ccccc5c4c3)ccc2c1. The molecule has 0 fully saturated rings. The quantitative estimate of drug-likeness (QED) is 0.256. The van der Waals surface area contributed by atoms with Crippen LogP contribution in [-0.4, -0.2) is 0 Å². The third-order valence-electron chi connectivity index (χ3n) is 6.07. The van der Waals surface area contributed by atoms with E-state index in [9.17, 15) is 0 Å². The van der Waals surface area contributed by atoms with Gasteiger partial charge in [-0.1, -0.05) is 96.6 Å². The maximum absolute atomic E-state index is 2.36. The normalized spacial score (nSPS) is 11.6. The first-order chi connectivity index (χ1) is 14.3. The molecule has 136 valence electrons. The van der Waals surface area contributed by atoms with Crippen LogP contribution in [0.1, 0.15) is 5.56 Å². The summed E-state index contributed by atoms with van der Waals surface area (Å²) in [6, 6.07) is 37.9. The highest BCUT2D eigenvalue weighted by molar-refractivity contribution is 6.25. The molecule has 0 unspecified atom stereocenters. The molecule has 0 atom stereocenters. The Morgan fingerprint density at radius 3 is 1.55 bits per heavy atom. The highest BCUT2D eigenvalue weighted by Gasteiger charge is 2.09. The molecule has 0 amide bonds. The Morgan fingerprint density at radius 2 is 0.862 bits per heavy atom. The summed E-state index contributed by atoms with van der Waals surface area (Å²) in [5, 5.41) is 10.5. The van der Waals surface area contributed by atoms with Crippen LogP contribution in [0.25, 0.3) is 54.2 Å². The molecule has 0 saturated carbocycles. The molecule has 0 nitrogen and oxygen atoms in total. The van der Waals surface area contributed by atoms with Crippen LogP contribution in [0, 0.1) is 6.92 Å². The molecule has 6 aromatic carbocycles. The Balaban J connectivity index is 1.66. The standard InChI is InChI=1S/C29H20/c1-19-10-11-21-17-22(13-12-20(21)16-19)23-14-15-28-26-8-3-2-6-24(26)25-7-4-5-9-27(25)29(28)18-23/h2-18H,1H3. The fourth-order valence-corrected chi connectivity index (χ4v) is 4.63. The molecule has 0 spiro atoms. The maximum Gasteiger partial charge on any atom is -0.00928 e. The van der Waals surface area contributed by atoms with Gasteiger partial charge in [-0.2, -0.15) is 0 Å². The van der Waals surface area contributed by atoms with Crippen molar-refractivity contribution in [2.24, 2.45) is 0 Å². The summed E-state index contributed by atoms with van der Waals surface area (Å²) >= 11 is 0. The summed E-state index contributed by atoms with van der Waals surface area (Å²) in [5.74, 6) is 0. The van der Waals surface area contributed by atoms with E-state index in [1.807, 2.05) is 0 Å². The summed E-state index contributed by atoms with van der Waals surface area (Å²) in [7, 11) is 0. The van der Waals surface area contributed by atoms with Crippen molar-refractivity contribution in [1.29, 1.82) is 0 Å². The van der Waals surface area contributed by atoms with Crippen molar-refractivity contribution in [3.8, 4) is 11.1 Å². The largest absolute Gasteiger partial charge is 0.0616 e. The lowest BCUT2D eigenvalue weighted by molar-refractivity contribution is 1.50. The van der Waals surface area contributed by atoms with Crippen molar-refractivity contribution < 1.29 is 0 Å². The molecule has 0 aliphatic heterocycles. The molecule has 0 bridgehead atoms. The molecular weight excluding hydrogens is 348 g/mol. The van der Waals surface area contributed by atoms with Crippen LogP contribution < -0.4 is 0 Å². The van der Waals surface area contributed by atoms with Gasteiger partial charge in [0.15, 0.2) is 0 Å². The molecule has 0 aromatic heterocycles. The Labute approximate surface area is 170 Å². The van der Waals surface area contributed by atoms with Gasteiger partial charge in [-0.25, -0.2) is 0 Å². The summed E-state index contributed by atoms with van der Waals surface area (Å²) in [5.41, 5.74) is 3.83. The van der Waals surface area contributed by atoms with Crippen LogP contribution in [0.5, 0.6) is 0 Å². The van der Waals surface area contributed by atoms with Crippen LogP contribution in [0.2, 0.25) is 0 Å². The zero-order valence-electron chi connectivity index (χ0n) is 16.3. The Kier molecular flexibility index (Phi) is 3.48. The number of fused-ring (bicyclic) bond motifs is 7. The highest BCUT2D eigenvalue weighted by Crippen LogP contribution is 2.37. The van der Waals surface area contributed by atoms with Crippen LogP contribution in [-0.2, 0) is 0 Å². The zero-order valence-corrected chi connectivity index (χ0v) is 16.3. The molecule has 6 rings (SSSR count). The Morgan fingerprint density at radius 1 is 0.379 bits per heavy atom. The number of benzene rings is 6. The minimum Gasteiger partial charge on any atom is -0.0616 e. The van der Waals surface area contributed by atoms with Gasteiger partial charge in [0.2, 0.25) is 0 Å². The predicted molar refractivity (Wildman–Crippen MR) is 127 cm³/mol. The molecule has 0 N–H and O–H groups in total. The smallest absolute Gasteiger partial charge is 0.00928 e. The van der Waals surface area contributed by atoms with Crippen molar-refractivity contribution in [3.05, 3.63) is 109 Å². The topological polar surface area (TPSA) is 0 Å². The van der Waals surface area contributed by atoms with E-state index in [0.717, 1.165) is 0 Å². The molecule has 0 aliphatic rings. The monoisotopic (exact) mass is 368 g/mol. The van der Waals surface area contributed by atoms with Crippen LogP contribution in [0.4, 0.5) is 0 Å². The van der Waals surface area contributed by atoms with E-state index >= 15 is 0 Å². The fraction of sp³-hybridized carbons (Fsp3) is 0.0345. The predicted octanol–water partition coefficient (Wildman–Crippen LogP) is 8.27. The maximum atomic E-state index is 2.36. The molecule has 6 aromatic rings. The number of hydrogen-bond acceptors (Lipinski definition) is 0. The van der Waals surface area contributed by atoms with E-state index in [0.29, 0.717) is 0 Å². The van der Waals surface area contributed by atoms with Crippen molar-refractivity contribution in [2.75, 3.05) is 0 Å². The highest BCUT2D eigenvalue weighted by atomic mass is 14.1. The molecular formula is C29H20. The molecule has 0 saturated heterocycles. The van der Waals surface area contributed by atoms with E-state index in [-0.39, 0.29) is 0 Å². The van der Waals surface area contributed by atoms with Gasteiger partial charge in [-0.3, -0.25) is 0 Å². The van der Waals surface area contributed by atoms with Gasteiger partial charge in [0.05, 0.1) is 0 Å². The summed E-state index contributed by atoms with van der Waals surface area (Å²) < 4.78 is 0. The van der Waals surface area contributed by atoms with E-state index in [1.54, 1.807) is 0 Å². The summed E-state index contributed by atoms with van der Waals surface area (Å²) in [4.78, 5) is 0. The zero-order chi connectivity index (χ0) is 19.4. The second-order valence-electron chi connectivity index (χ2n) is 7.92. The average Bonchev–Trinajstić information content (AvgIpc) is 2.78. The molecule has 29 heavy (non-hydrogen) atoms. The second-order valence-corrected chi connectivity index (χ2v) is 7.92. The number of rotatable bonds is 1. The van der Waals surface area contributed by atoms with Gasteiger partial charge in [0.25, 0.3) is 0 Å². The van der Waals surface area contributed by atoms with Crippen LogP contribution in [0.3, 0.4) is 0 Å². The van der Waals surface area contributed by atoms with Gasteiger partial charge in [0.1, 0.15) is 0 Å². The first-order valence-electron chi connectivity index (χ1n) is 10.1. The molecule has 0 heterocycles. The lowest BCUT2D eigenvalue weighted by Crippen LogP contribution is -1.85.